The average molecular weight is 266 g/mol. The van der Waals surface area contributed by atoms with Crippen molar-refractivity contribution in [3.05, 3.63) is 17.8 Å². The zero-order valence-corrected chi connectivity index (χ0v) is 10.7. The van der Waals surface area contributed by atoms with Gasteiger partial charge in [-0.05, 0) is 25.1 Å². The van der Waals surface area contributed by atoms with Crippen LogP contribution in [0, 0.1) is 0 Å². The quantitative estimate of drug-likeness (QED) is 0.771. The second kappa shape index (κ2) is 6.44. The molecule has 0 amide bonds. The molecule has 1 aromatic heterocycles. The topological polar surface area (TPSA) is 89.8 Å². The number of hydrogen-bond acceptors (Lipinski definition) is 6. The van der Waals surface area contributed by atoms with Crippen molar-refractivity contribution in [3.63, 3.8) is 0 Å². The summed E-state index contributed by atoms with van der Waals surface area (Å²) in [5.41, 5.74) is -0.0412. The Kier molecular flexibility index (Phi) is 4.64. The third kappa shape index (κ3) is 3.62. The van der Waals surface area contributed by atoms with Crippen LogP contribution in [0.4, 0.5) is 5.82 Å². The number of anilines is 1. The summed E-state index contributed by atoms with van der Waals surface area (Å²) in [5.74, 6) is -0.361. The molecular formula is C12H18N4O3. The Morgan fingerprint density at radius 3 is 2.68 bits per heavy atom. The van der Waals surface area contributed by atoms with Crippen molar-refractivity contribution in [2.24, 2.45) is 0 Å². The SMILES string of the molecule is O=C(O)c1ccc(N2CCCN(CCO)CC2)nn1. The van der Waals surface area contributed by atoms with Crippen LogP contribution in [0.15, 0.2) is 12.1 Å². The molecule has 2 N–H and O–H groups in total. The minimum atomic E-state index is -1.07. The molecule has 0 radical (unpaired) electrons. The van der Waals surface area contributed by atoms with E-state index in [-0.39, 0.29) is 12.3 Å². The van der Waals surface area contributed by atoms with Crippen molar-refractivity contribution in [3.8, 4) is 0 Å². The van der Waals surface area contributed by atoms with Gasteiger partial charge in [-0.2, -0.15) is 0 Å². The summed E-state index contributed by atoms with van der Waals surface area (Å²) >= 11 is 0. The van der Waals surface area contributed by atoms with Crippen LogP contribution in [0.25, 0.3) is 0 Å². The van der Waals surface area contributed by atoms with Gasteiger partial charge in [0.2, 0.25) is 0 Å². The summed E-state index contributed by atoms with van der Waals surface area (Å²) in [6.45, 7) is 4.36. The number of carboxylic acid groups (broad SMARTS) is 1. The summed E-state index contributed by atoms with van der Waals surface area (Å²) in [5, 5.41) is 25.4. The molecule has 2 rings (SSSR count). The van der Waals surface area contributed by atoms with Gasteiger partial charge in [0.1, 0.15) is 0 Å². The largest absolute Gasteiger partial charge is 0.476 e. The number of rotatable bonds is 4. The zero-order chi connectivity index (χ0) is 13.7. The monoisotopic (exact) mass is 266 g/mol. The summed E-state index contributed by atoms with van der Waals surface area (Å²) < 4.78 is 0. The maximum atomic E-state index is 10.7. The van der Waals surface area contributed by atoms with E-state index < -0.39 is 5.97 Å². The third-order valence-corrected chi connectivity index (χ3v) is 3.20. The molecule has 0 aromatic carbocycles. The molecule has 7 nitrogen and oxygen atoms in total. The predicted molar refractivity (Wildman–Crippen MR) is 69.3 cm³/mol. The molecule has 2 heterocycles. The van der Waals surface area contributed by atoms with Gasteiger partial charge in [0.15, 0.2) is 11.5 Å². The van der Waals surface area contributed by atoms with Crippen LogP contribution in [-0.4, -0.2) is 70.6 Å². The standard InChI is InChI=1S/C12H18N4O3/c17-9-8-15-4-1-5-16(7-6-15)11-3-2-10(12(18)19)13-14-11/h2-3,17H,1,4-9H2,(H,18,19). The van der Waals surface area contributed by atoms with Crippen molar-refractivity contribution in [2.75, 3.05) is 44.2 Å². The molecule has 0 aliphatic carbocycles. The summed E-state index contributed by atoms with van der Waals surface area (Å²) in [6.07, 6.45) is 0.988. The van der Waals surface area contributed by atoms with Gasteiger partial charge in [-0.1, -0.05) is 0 Å². The highest BCUT2D eigenvalue weighted by atomic mass is 16.4. The van der Waals surface area contributed by atoms with Crippen LogP contribution in [0.5, 0.6) is 0 Å². The van der Waals surface area contributed by atoms with E-state index in [0.717, 1.165) is 32.6 Å². The lowest BCUT2D eigenvalue weighted by atomic mass is 10.3. The number of nitrogens with zero attached hydrogens (tertiary/aromatic N) is 4. The second-order valence-corrected chi connectivity index (χ2v) is 4.49. The normalized spacial score (nSPS) is 17.2. The van der Waals surface area contributed by atoms with Crippen LogP contribution in [0.2, 0.25) is 0 Å². The van der Waals surface area contributed by atoms with Gasteiger partial charge in [-0.15, -0.1) is 10.2 Å². The fourth-order valence-electron chi connectivity index (χ4n) is 2.17. The van der Waals surface area contributed by atoms with Gasteiger partial charge in [-0.25, -0.2) is 4.79 Å². The van der Waals surface area contributed by atoms with Gasteiger partial charge < -0.3 is 15.1 Å². The minimum Gasteiger partial charge on any atom is -0.476 e. The average Bonchev–Trinajstić information content (AvgIpc) is 2.65. The molecule has 7 heteroatoms. The van der Waals surface area contributed by atoms with Gasteiger partial charge in [0, 0.05) is 26.2 Å². The Bertz CT molecular complexity index is 423. The molecule has 19 heavy (non-hydrogen) atoms. The van der Waals surface area contributed by atoms with E-state index in [1.165, 1.54) is 6.07 Å². The fraction of sp³-hybridized carbons (Fsp3) is 0.583. The van der Waals surface area contributed by atoms with Gasteiger partial charge >= 0.3 is 5.97 Å². The number of β-amino-alcohol motifs (C(OH)–C–C–N with tert-alkyl or cyclic N) is 1. The number of aliphatic hydroxyl groups is 1. The van der Waals surface area contributed by atoms with E-state index in [0.29, 0.717) is 12.4 Å². The van der Waals surface area contributed by atoms with Crippen molar-refractivity contribution in [2.45, 2.75) is 6.42 Å². The van der Waals surface area contributed by atoms with Crippen LogP contribution in [0.1, 0.15) is 16.9 Å². The Labute approximate surface area is 111 Å². The summed E-state index contributed by atoms with van der Waals surface area (Å²) in [7, 11) is 0. The molecule has 0 spiro atoms. The first-order valence-electron chi connectivity index (χ1n) is 6.36. The van der Waals surface area contributed by atoms with E-state index in [1.54, 1.807) is 6.07 Å². The molecule has 104 valence electrons. The van der Waals surface area contributed by atoms with Gasteiger partial charge in [-0.3, -0.25) is 4.90 Å². The molecule has 0 saturated carbocycles. The first kappa shape index (κ1) is 13.7. The van der Waals surface area contributed by atoms with Crippen LogP contribution in [0.3, 0.4) is 0 Å². The van der Waals surface area contributed by atoms with E-state index in [4.69, 9.17) is 10.2 Å². The third-order valence-electron chi connectivity index (χ3n) is 3.20. The number of aliphatic hydroxyl groups excluding tert-OH is 1. The number of carbonyl (C=O) groups is 1. The van der Waals surface area contributed by atoms with Gasteiger partial charge in [0.25, 0.3) is 0 Å². The van der Waals surface area contributed by atoms with Gasteiger partial charge in [0.05, 0.1) is 6.61 Å². The highest BCUT2D eigenvalue weighted by Gasteiger charge is 2.16. The van der Waals surface area contributed by atoms with Crippen molar-refractivity contribution in [1.82, 2.24) is 15.1 Å². The molecular weight excluding hydrogens is 248 g/mol. The highest BCUT2D eigenvalue weighted by Crippen LogP contribution is 2.13. The molecule has 0 bridgehead atoms. The van der Waals surface area contributed by atoms with E-state index in [9.17, 15) is 4.79 Å². The van der Waals surface area contributed by atoms with Crippen molar-refractivity contribution < 1.29 is 15.0 Å². The number of aromatic carboxylic acids is 1. The molecule has 1 aromatic rings. The molecule has 1 saturated heterocycles. The van der Waals surface area contributed by atoms with Crippen LogP contribution in [-0.2, 0) is 0 Å². The molecule has 0 unspecified atom stereocenters. The number of hydrogen-bond donors (Lipinski definition) is 2. The second-order valence-electron chi connectivity index (χ2n) is 4.49. The lowest BCUT2D eigenvalue weighted by Crippen LogP contribution is -2.32. The van der Waals surface area contributed by atoms with E-state index in [1.807, 2.05) is 0 Å². The zero-order valence-electron chi connectivity index (χ0n) is 10.7. The fourth-order valence-corrected chi connectivity index (χ4v) is 2.17. The minimum absolute atomic E-state index is 0.0412. The maximum absolute atomic E-state index is 10.7. The van der Waals surface area contributed by atoms with Crippen LogP contribution >= 0.6 is 0 Å². The first-order chi connectivity index (χ1) is 9.20. The Balaban J connectivity index is 1.99. The lowest BCUT2D eigenvalue weighted by molar-refractivity contribution is 0.0689. The van der Waals surface area contributed by atoms with Crippen molar-refractivity contribution in [1.29, 1.82) is 0 Å². The Hall–Kier alpha value is -1.73. The first-order valence-corrected chi connectivity index (χ1v) is 6.36. The van der Waals surface area contributed by atoms with Crippen LogP contribution < -0.4 is 4.90 Å². The van der Waals surface area contributed by atoms with E-state index >= 15 is 0 Å². The smallest absolute Gasteiger partial charge is 0.356 e. The Morgan fingerprint density at radius 1 is 1.21 bits per heavy atom. The predicted octanol–water partition coefficient (Wildman–Crippen LogP) is -0.321. The Morgan fingerprint density at radius 2 is 2.05 bits per heavy atom. The summed E-state index contributed by atoms with van der Waals surface area (Å²) in [4.78, 5) is 15.0. The number of carboxylic acids is 1. The van der Waals surface area contributed by atoms with Crippen molar-refractivity contribution >= 4 is 11.8 Å². The molecule has 1 aliphatic heterocycles. The molecule has 1 fully saturated rings. The lowest BCUT2D eigenvalue weighted by Gasteiger charge is -2.21. The maximum Gasteiger partial charge on any atom is 0.356 e. The number of aromatic nitrogens is 2. The highest BCUT2D eigenvalue weighted by molar-refractivity contribution is 5.85. The molecule has 0 atom stereocenters. The summed E-state index contributed by atoms with van der Waals surface area (Å²) in [6, 6.07) is 3.17. The van der Waals surface area contributed by atoms with E-state index in [2.05, 4.69) is 20.0 Å². The molecule has 1 aliphatic rings.